The number of nitrogens with zero attached hydrogens (tertiary/aromatic N) is 2. The zero-order chi connectivity index (χ0) is 13.1. The smallest absolute Gasteiger partial charge is 0.346 e. The molecule has 0 aliphatic heterocycles. The van der Waals surface area contributed by atoms with E-state index in [-0.39, 0.29) is 21.8 Å². The van der Waals surface area contributed by atoms with E-state index in [0.29, 0.717) is 5.75 Å². The lowest BCUT2D eigenvalue weighted by molar-refractivity contribution is 0.0702. The molecular formula is C10H7ClN2O4S. The molecule has 2 heterocycles. The second-order valence-corrected chi connectivity index (χ2v) is 4.38. The zero-order valence-corrected chi connectivity index (χ0v) is 10.7. The van der Waals surface area contributed by atoms with Crippen molar-refractivity contribution in [3.63, 3.8) is 0 Å². The third kappa shape index (κ3) is 2.69. The van der Waals surface area contributed by atoms with Gasteiger partial charge >= 0.3 is 12.0 Å². The number of methoxy groups -OCH3 is 1. The lowest BCUT2D eigenvalue weighted by atomic mass is 10.4. The van der Waals surface area contributed by atoms with Crippen LogP contribution in [0, 0.1) is 0 Å². The Hall–Kier alpha value is -1.86. The maximum atomic E-state index is 10.7. The molecule has 0 aliphatic rings. The SMILES string of the molecule is COc1ncc(Cl)c(Oc2csc(C(=O)O)c2)n1. The molecule has 0 radical (unpaired) electrons. The molecule has 0 spiro atoms. The minimum atomic E-state index is -1.01. The molecule has 18 heavy (non-hydrogen) atoms. The van der Waals surface area contributed by atoms with Gasteiger partial charge in [-0.3, -0.25) is 0 Å². The number of rotatable bonds is 4. The summed E-state index contributed by atoms with van der Waals surface area (Å²) in [4.78, 5) is 18.6. The average Bonchev–Trinajstić information content (AvgIpc) is 2.81. The van der Waals surface area contributed by atoms with Crippen LogP contribution in [0.3, 0.4) is 0 Å². The Morgan fingerprint density at radius 1 is 1.56 bits per heavy atom. The standard InChI is InChI=1S/C10H7ClN2O4S/c1-16-10-12-3-6(11)8(13-10)17-5-2-7(9(14)15)18-4-5/h2-4H,1H3,(H,14,15). The fraction of sp³-hybridized carbons (Fsp3) is 0.100. The molecule has 94 valence electrons. The first-order valence-corrected chi connectivity index (χ1v) is 5.92. The molecule has 0 saturated carbocycles. The van der Waals surface area contributed by atoms with E-state index in [1.54, 1.807) is 5.38 Å². The maximum absolute atomic E-state index is 10.7. The van der Waals surface area contributed by atoms with Gasteiger partial charge in [-0.15, -0.1) is 11.3 Å². The molecule has 0 aliphatic carbocycles. The van der Waals surface area contributed by atoms with Crippen molar-refractivity contribution in [3.8, 4) is 17.6 Å². The maximum Gasteiger partial charge on any atom is 0.346 e. The summed E-state index contributed by atoms with van der Waals surface area (Å²) in [5.41, 5.74) is 0. The van der Waals surface area contributed by atoms with Crippen molar-refractivity contribution in [2.24, 2.45) is 0 Å². The number of thiophene rings is 1. The summed E-state index contributed by atoms with van der Waals surface area (Å²) in [7, 11) is 1.42. The number of hydrogen-bond donors (Lipinski definition) is 1. The van der Waals surface area contributed by atoms with E-state index >= 15 is 0 Å². The summed E-state index contributed by atoms with van der Waals surface area (Å²) in [6, 6.07) is 1.50. The Morgan fingerprint density at radius 3 is 2.94 bits per heavy atom. The number of aromatic nitrogens is 2. The number of halogens is 1. The van der Waals surface area contributed by atoms with E-state index in [1.807, 2.05) is 0 Å². The highest BCUT2D eigenvalue weighted by atomic mass is 35.5. The molecule has 0 atom stereocenters. The van der Waals surface area contributed by atoms with Crippen molar-refractivity contribution in [1.29, 1.82) is 0 Å². The molecule has 2 rings (SSSR count). The number of carboxylic acids is 1. The van der Waals surface area contributed by atoms with E-state index in [1.165, 1.54) is 19.4 Å². The molecule has 0 aromatic carbocycles. The van der Waals surface area contributed by atoms with Crippen LogP contribution in [0.15, 0.2) is 17.6 Å². The quantitative estimate of drug-likeness (QED) is 0.930. The van der Waals surface area contributed by atoms with Gasteiger partial charge in [0, 0.05) is 11.4 Å². The summed E-state index contributed by atoms with van der Waals surface area (Å²) in [5, 5.41) is 10.5. The molecule has 2 aromatic rings. The van der Waals surface area contributed by atoms with E-state index in [2.05, 4.69) is 9.97 Å². The van der Waals surface area contributed by atoms with Crippen LogP contribution >= 0.6 is 22.9 Å². The third-order valence-corrected chi connectivity index (χ3v) is 3.03. The number of carbonyl (C=O) groups is 1. The number of hydrogen-bond acceptors (Lipinski definition) is 6. The van der Waals surface area contributed by atoms with E-state index < -0.39 is 5.97 Å². The van der Waals surface area contributed by atoms with E-state index in [4.69, 9.17) is 26.2 Å². The van der Waals surface area contributed by atoms with Crippen LogP contribution in [0.25, 0.3) is 0 Å². The number of ether oxygens (including phenoxy) is 2. The average molecular weight is 287 g/mol. The molecule has 0 amide bonds. The highest BCUT2D eigenvalue weighted by Crippen LogP contribution is 2.30. The van der Waals surface area contributed by atoms with Crippen LogP contribution in [0.5, 0.6) is 17.6 Å². The Kier molecular flexibility index (Phi) is 3.63. The lowest BCUT2D eigenvalue weighted by Gasteiger charge is -2.05. The van der Waals surface area contributed by atoms with Crippen molar-refractivity contribution in [1.82, 2.24) is 9.97 Å². The van der Waals surface area contributed by atoms with Crippen LogP contribution in [0.2, 0.25) is 5.02 Å². The predicted octanol–water partition coefficient (Wildman–Crippen LogP) is 2.69. The summed E-state index contributed by atoms with van der Waals surface area (Å²) >= 11 is 6.90. The zero-order valence-electron chi connectivity index (χ0n) is 9.08. The summed E-state index contributed by atoms with van der Waals surface area (Å²) in [5.74, 6) is -0.556. The topological polar surface area (TPSA) is 81.5 Å². The molecule has 2 aromatic heterocycles. The molecule has 8 heteroatoms. The molecular weight excluding hydrogens is 280 g/mol. The largest absolute Gasteiger partial charge is 0.477 e. The Balaban J connectivity index is 2.24. The second kappa shape index (κ2) is 5.19. The third-order valence-electron chi connectivity index (χ3n) is 1.87. The summed E-state index contributed by atoms with van der Waals surface area (Å²) in [6.07, 6.45) is 1.34. The van der Waals surface area contributed by atoms with Crippen molar-refractivity contribution in [2.45, 2.75) is 0 Å². The van der Waals surface area contributed by atoms with Gasteiger partial charge in [0.15, 0.2) is 0 Å². The Morgan fingerprint density at radius 2 is 2.33 bits per heavy atom. The van der Waals surface area contributed by atoms with Crippen LogP contribution in [0.4, 0.5) is 0 Å². The van der Waals surface area contributed by atoms with Crippen LogP contribution in [-0.2, 0) is 0 Å². The van der Waals surface area contributed by atoms with Gasteiger partial charge in [-0.05, 0) is 0 Å². The molecule has 0 bridgehead atoms. The monoisotopic (exact) mass is 286 g/mol. The fourth-order valence-electron chi connectivity index (χ4n) is 1.10. The van der Waals surface area contributed by atoms with Gasteiger partial charge < -0.3 is 14.6 Å². The van der Waals surface area contributed by atoms with E-state index in [0.717, 1.165) is 11.3 Å². The first-order chi connectivity index (χ1) is 8.60. The van der Waals surface area contributed by atoms with Crippen LogP contribution in [-0.4, -0.2) is 28.2 Å². The Bertz CT molecular complexity index is 587. The minimum Gasteiger partial charge on any atom is -0.477 e. The first-order valence-electron chi connectivity index (χ1n) is 4.66. The highest BCUT2D eigenvalue weighted by Gasteiger charge is 2.12. The van der Waals surface area contributed by atoms with Gasteiger partial charge in [0.1, 0.15) is 15.6 Å². The van der Waals surface area contributed by atoms with Crippen LogP contribution in [0.1, 0.15) is 9.67 Å². The normalized spacial score (nSPS) is 10.1. The molecule has 6 nitrogen and oxygen atoms in total. The summed E-state index contributed by atoms with van der Waals surface area (Å²) < 4.78 is 10.2. The van der Waals surface area contributed by atoms with Gasteiger partial charge in [0.2, 0.25) is 5.88 Å². The predicted molar refractivity (Wildman–Crippen MR) is 64.9 cm³/mol. The van der Waals surface area contributed by atoms with E-state index in [9.17, 15) is 4.79 Å². The molecule has 1 N–H and O–H groups in total. The first kappa shape index (κ1) is 12.6. The molecule has 0 unspecified atom stereocenters. The number of carboxylic acid groups (broad SMARTS) is 1. The summed E-state index contributed by atoms with van der Waals surface area (Å²) in [6.45, 7) is 0. The highest BCUT2D eigenvalue weighted by molar-refractivity contribution is 7.12. The van der Waals surface area contributed by atoms with Gasteiger partial charge in [-0.2, -0.15) is 4.98 Å². The van der Waals surface area contributed by atoms with Crippen molar-refractivity contribution in [3.05, 3.63) is 27.5 Å². The van der Waals surface area contributed by atoms with Crippen LogP contribution < -0.4 is 9.47 Å². The van der Waals surface area contributed by atoms with Crippen molar-refractivity contribution in [2.75, 3.05) is 7.11 Å². The van der Waals surface area contributed by atoms with Gasteiger partial charge in [-0.25, -0.2) is 9.78 Å². The molecule has 0 fully saturated rings. The fourth-order valence-corrected chi connectivity index (χ4v) is 1.88. The molecule has 0 saturated heterocycles. The number of aromatic carboxylic acids is 1. The minimum absolute atomic E-state index is 0.109. The second-order valence-electron chi connectivity index (χ2n) is 3.06. The van der Waals surface area contributed by atoms with Gasteiger partial charge in [0.25, 0.3) is 0 Å². The van der Waals surface area contributed by atoms with Gasteiger partial charge in [0.05, 0.1) is 13.3 Å². The lowest BCUT2D eigenvalue weighted by Crippen LogP contribution is -1.95. The Labute approximate surface area is 111 Å². The van der Waals surface area contributed by atoms with Crippen molar-refractivity contribution < 1.29 is 19.4 Å². The van der Waals surface area contributed by atoms with Crippen molar-refractivity contribution >= 4 is 28.9 Å². The van der Waals surface area contributed by atoms with Gasteiger partial charge in [-0.1, -0.05) is 11.6 Å².